The van der Waals surface area contributed by atoms with Crippen molar-refractivity contribution >= 4 is 53.6 Å². The van der Waals surface area contributed by atoms with Crippen molar-refractivity contribution in [2.75, 3.05) is 6.61 Å². The molecule has 0 aliphatic heterocycles. The van der Waals surface area contributed by atoms with Crippen LogP contribution in [0, 0.1) is 0 Å². The molecular formula is C15H11Br3O2. The third-order valence-electron chi connectivity index (χ3n) is 2.62. The quantitative estimate of drug-likeness (QED) is 0.552. The van der Waals surface area contributed by atoms with Gasteiger partial charge in [-0.2, -0.15) is 0 Å². The van der Waals surface area contributed by atoms with Gasteiger partial charge in [0, 0.05) is 24.5 Å². The van der Waals surface area contributed by atoms with Gasteiger partial charge in [0.2, 0.25) is 0 Å². The van der Waals surface area contributed by atoms with Gasteiger partial charge >= 0.3 is 0 Å². The second-order valence-corrected chi connectivity index (χ2v) is 6.75. The summed E-state index contributed by atoms with van der Waals surface area (Å²) in [4.78, 5) is 12.5. The van der Waals surface area contributed by atoms with Gasteiger partial charge in [-0.25, -0.2) is 0 Å². The van der Waals surface area contributed by atoms with Crippen molar-refractivity contribution in [1.82, 2.24) is 0 Å². The topological polar surface area (TPSA) is 26.3 Å². The summed E-state index contributed by atoms with van der Waals surface area (Å²) < 4.78 is 7.85. The Balaban J connectivity index is 2.38. The summed E-state index contributed by atoms with van der Waals surface area (Å²) in [6, 6.07) is 10.9. The summed E-state index contributed by atoms with van der Waals surface area (Å²) >= 11 is 10.2. The van der Waals surface area contributed by atoms with Crippen molar-refractivity contribution in [1.29, 1.82) is 0 Å². The maximum atomic E-state index is 12.5. The number of hydrogen-bond donors (Lipinski definition) is 0. The monoisotopic (exact) mass is 460 g/mol. The first-order valence-corrected chi connectivity index (χ1v) is 8.32. The smallest absolute Gasteiger partial charge is 0.194 e. The van der Waals surface area contributed by atoms with Crippen LogP contribution >= 0.6 is 47.8 Å². The molecule has 0 fully saturated rings. The highest BCUT2D eigenvalue weighted by atomic mass is 79.9. The molecule has 2 nitrogen and oxygen atoms in total. The second-order valence-electron chi connectivity index (χ2n) is 4.06. The van der Waals surface area contributed by atoms with Crippen molar-refractivity contribution in [2.45, 2.75) is 6.92 Å². The van der Waals surface area contributed by atoms with Crippen LogP contribution in [-0.4, -0.2) is 12.4 Å². The third kappa shape index (κ3) is 3.71. The number of carbonyl (C=O) groups excluding carboxylic acids is 1. The highest BCUT2D eigenvalue weighted by molar-refractivity contribution is 9.11. The molecule has 0 spiro atoms. The Labute approximate surface area is 142 Å². The first-order chi connectivity index (χ1) is 9.51. The molecule has 20 heavy (non-hydrogen) atoms. The minimum absolute atomic E-state index is 0.0399. The number of rotatable bonds is 4. The molecule has 0 N–H and O–H groups in total. The number of ether oxygens (including phenoxy) is 1. The van der Waals surface area contributed by atoms with E-state index in [2.05, 4.69) is 47.8 Å². The van der Waals surface area contributed by atoms with Crippen molar-refractivity contribution in [3.8, 4) is 5.75 Å². The van der Waals surface area contributed by atoms with E-state index in [0.29, 0.717) is 17.7 Å². The summed E-state index contributed by atoms with van der Waals surface area (Å²) in [5, 5.41) is 0. The number of carbonyl (C=O) groups is 1. The lowest BCUT2D eigenvalue weighted by Gasteiger charge is -2.08. The van der Waals surface area contributed by atoms with Gasteiger partial charge < -0.3 is 4.74 Å². The Morgan fingerprint density at radius 1 is 1.05 bits per heavy atom. The first-order valence-electron chi connectivity index (χ1n) is 5.94. The maximum absolute atomic E-state index is 12.5. The lowest BCUT2D eigenvalue weighted by atomic mass is 10.0. The highest BCUT2D eigenvalue weighted by Gasteiger charge is 2.14. The third-order valence-corrected chi connectivity index (χ3v) is 4.19. The van der Waals surface area contributed by atoms with Gasteiger partial charge in [-0.1, -0.05) is 31.9 Å². The minimum Gasteiger partial charge on any atom is -0.494 e. The number of hydrogen-bond acceptors (Lipinski definition) is 2. The van der Waals surface area contributed by atoms with Crippen LogP contribution in [0.15, 0.2) is 49.8 Å². The van der Waals surface area contributed by atoms with Crippen LogP contribution in [0.4, 0.5) is 0 Å². The zero-order valence-electron chi connectivity index (χ0n) is 10.6. The molecule has 0 radical (unpaired) electrons. The fourth-order valence-electron chi connectivity index (χ4n) is 1.78. The summed E-state index contributed by atoms with van der Waals surface area (Å²) in [6.07, 6.45) is 0. The Morgan fingerprint density at radius 2 is 1.70 bits per heavy atom. The van der Waals surface area contributed by atoms with Crippen LogP contribution in [0.5, 0.6) is 5.75 Å². The zero-order valence-corrected chi connectivity index (χ0v) is 15.4. The van der Waals surface area contributed by atoms with Gasteiger partial charge in [0.05, 0.1) is 6.61 Å². The standard InChI is InChI=1S/C15H11Br3O2/c1-2-20-12-3-4-13(14(18)8-12)15(19)9-5-10(16)7-11(17)6-9/h3-8H,2H2,1H3. The van der Waals surface area contributed by atoms with E-state index in [1.165, 1.54) is 0 Å². The van der Waals surface area contributed by atoms with E-state index < -0.39 is 0 Å². The predicted octanol–water partition coefficient (Wildman–Crippen LogP) is 5.60. The highest BCUT2D eigenvalue weighted by Crippen LogP contribution is 2.27. The molecule has 0 bridgehead atoms. The van der Waals surface area contributed by atoms with E-state index >= 15 is 0 Å². The molecule has 2 aromatic carbocycles. The SMILES string of the molecule is CCOc1ccc(C(=O)c2cc(Br)cc(Br)c2)c(Br)c1. The van der Waals surface area contributed by atoms with Crippen molar-refractivity contribution in [3.05, 3.63) is 60.9 Å². The fourth-order valence-corrected chi connectivity index (χ4v) is 3.61. The number of ketones is 1. The lowest BCUT2D eigenvalue weighted by molar-refractivity contribution is 0.103. The van der Waals surface area contributed by atoms with E-state index in [1.54, 1.807) is 24.3 Å². The van der Waals surface area contributed by atoms with Gasteiger partial charge in [-0.15, -0.1) is 0 Å². The molecule has 0 saturated carbocycles. The Kier molecular flexibility index (Phi) is 5.41. The molecule has 0 aliphatic rings. The summed E-state index contributed by atoms with van der Waals surface area (Å²) in [7, 11) is 0. The Morgan fingerprint density at radius 3 is 2.25 bits per heavy atom. The summed E-state index contributed by atoms with van der Waals surface area (Å²) in [6.45, 7) is 2.52. The fraction of sp³-hybridized carbons (Fsp3) is 0.133. The normalized spacial score (nSPS) is 10.4. The van der Waals surface area contributed by atoms with E-state index in [1.807, 2.05) is 19.1 Å². The molecule has 104 valence electrons. The Hall–Kier alpha value is -0.650. The molecule has 5 heteroatoms. The minimum atomic E-state index is -0.0399. The molecule has 2 aromatic rings. The van der Waals surface area contributed by atoms with Crippen LogP contribution in [0.2, 0.25) is 0 Å². The zero-order chi connectivity index (χ0) is 14.7. The average Bonchev–Trinajstić information content (AvgIpc) is 2.37. The predicted molar refractivity (Wildman–Crippen MR) is 90.6 cm³/mol. The van der Waals surface area contributed by atoms with Crippen LogP contribution in [0.1, 0.15) is 22.8 Å². The van der Waals surface area contributed by atoms with Crippen LogP contribution in [0.3, 0.4) is 0 Å². The molecule has 0 heterocycles. The molecule has 0 aromatic heterocycles. The lowest BCUT2D eigenvalue weighted by Crippen LogP contribution is -2.03. The molecule has 0 saturated heterocycles. The summed E-state index contributed by atoms with van der Waals surface area (Å²) in [5.41, 5.74) is 1.23. The van der Waals surface area contributed by atoms with Crippen molar-refractivity contribution in [3.63, 3.8) is 0 Å². The molecule has 0 atom stereocenters. The van der Waals surface area contributed by atoms with Crippen LogP contribution < -0.4 is 4.74 Å². The second kappa shape index (κ2) is 6.87. The number of halogens is 3. The molecule has 0 amide bonds. The van der Waals surface area contributed by atoms with Crippen molar-refractivity contribution in [2.24, 2.45) is 0 Å². The van der Waals surface area contributed by atoms with E-state index in [0.717, 1.165) is 19.2 Å². The van der Waals surface area contributed by atoms with E-state index in [9.17, 15) is 4.79 Å². The Bertz CT molecular complexity index is 633. The van der Waals surface area contributed by atoms with Gasteiger partial charge in [-0.3, -0.25) is 4.79 Å². The van der Waals surface area contributed by atoms with Gasteiger partial charge in [0.15, 0.2) is 5.78 Å². The summed E-state index contributed by atoms with van der Waals surface area (Å²) in [5.74, 6) is 0.702. The first kappa shape index (κ1) is 15.7. The number of benzene rings is 2. The average molecular weight is 463 g/mol. The van der Waals surface area contributed by atoms with Crippen LogP contribution in [-0.2, 0) is 0 Å². The van der Waals surface area contributed by atoms with Gasteiger partial charge in [0.1, 0.15) is 5.75 Å². The molecular weight excluding hydrogens is 452 g/mol. The van der Waals surface area contributed by atoms with Crippen LogP contribution in [0.25, 0.3) is 0 Å². The molecule has 2 rings (SSSR count). The molecule has 0 unspecified atom stereocenters. The van der Waals surface area contributed by atoms with Gasteiger partial charge in [0.25, 0.3) is 0 Å². The van der Waals surface area contributed by atoms with E-state index in [4.69, 9.17) is 4.74 Å². The van der Waals surface area contributed by atoms with Crippen molar-refractivity contribution < 1.29 is 9.53 Å². The molecule has 0 aliphatic carbocycles. The maximum Gasteiger partial charge on any atom is 0.194 e. The van der Waals surface area contributed by atoms with E-state index in [-0.39, 0.29) is 5.78 Å². The largest absolute Gasteiger partial charge is 0.494 e. The van der Waals surface area contributed by atoms with Gasteiger partial charge in [-0.05, 0) is 59.3 Å².